The van der Waals surface area contributed by atoms with E-state index in [0.717, 1.165) is 27.8 Å². The van der Waals surface area contributed by atoms with Crippen LogP contribution >= 0.6 is 0 Å². The van der Waals surface area contributed by atoms with Crippen LogP contribution in [0.5, 0.6) is 0 Å². The summed E-state index contributed by atoms with van der Waals surface area (Å²) in [5, 5.41) is 0. The lowest BCUT2D eigenvalue weighted by Crippen LogP contribution is -2.11. The van der Waals surface area contributed by atoms with Crippen LogP contribution in [-0.4, -0.2) is 18.9 Å². The number of carbonyl (C=O) groups is 2. The molecule has 0 unspecified atom stereocenters. The summed E-state index contributed by atoms with van der Waals surface area (Å²) in [7, 11) is 1.34. The maximum atomic E-state index is 12.9. The lowest BCUT2D eigenvalue weighted by Gasteiger charge is -2.18. The van der Waals surface area contributed by atoms with E-state index in [2.05, 4.69) is 11.7 Å². The molecule has 2 rings (SSSR count). The number of esters is 1. The minimum atomic E-state index is -0.404. The van der Waals surface area contributed by atoms with E-state index in [-0.39, 0.29) is 5.78 Å². The fourth-order valence-electron chi connectivity index (χ4n) is 2.86. The molecule has 2 aromatic rings. The molecule has 0 aliphatic rings. The monoisotopic (exact) mass is 310 g/mol. The molecule has 0 bridgehead atoms. The molecule has 0 heterocycles. The van der Waals surface area contributed by atoms with E-state index < -0.39 is 5.97 Å². The van der Waals surface area contributed by atoms with E-state index in [9.17, 15) is 9.59 Å². The van der Waals surface area contributed by atoms with E-state index in [1.165, 1.54) is 12.7 Å². The summed E-state index contributed by atoms with van der Waals surface area (Å²) in [5.41, 5.74) is 7.36. The first-order valence-electron chi connectivity index (χ1n) is 7.59. The second-order valence-electron chi connectivity index (χ2n) is 5.90. The number of hydrogen-bond donors (Lipinski definition) is 0. The largest absolute Gasteiger partial charge is 0.465 e. The molecule has 0 atom stereocenters. The molecule has 23 heavy (non-hydrogen) atoms. The molecule has 0 saturated heterocycles. The Balaban J connectivity index is 2.52. The molecule has 0 spiro atoms. The molecule has 2 aromatic carbocycles. The molecule has 3 heteroatoms. The van der Waals surface area contributed by atoms with Crippen molar-refractivity contribution in [1.82, 2.24) is 0 Å². The molecule has 0 fully saturated rings. The Morgan fingerprint density at radius 1 is 0.696 bits per heavy atom. The van der Waals surface area contributed by atoms with Crippen LogP contribution in [0.25, 0.3) is 0 Å². The third kappa shape index (κ3) is 2.91. The first-order valence-corrected chi connectivity index (χ1v) is 7.59. The van der Waals surface area contributed by atoms with Crippen molar-refractivity contribution in [3.63, 3.8) is 0 Å². The zero-order valence-corrected chi connectivity index (χ0v) is 14.5. The van der Waals surface area contributed by atoms with Gasteiger partial charge in [-0.2, -0.15) is 0 Å². The molecular weight excluding hydrogens is 288 g/mol. The Morgan fingerprint density at radius 3 is 1.52 bits per heavy atom. The third-order valence-electron chi connectivity index (χ3n) is 4.80. The molecule has 0 saturated carbocycles. The van der Waals surface area contributed by atoms with Crippen molar-refractivity contribution in [3.05, 3.63) is 68.8 Å². The van der Waals surface area contributed by atoms with Crippen molar-refractivity contribution in [1.29, 1.82) is 0 Å². The topological polar surface area (TPSA) is 43.4 Å². The van der Waals surface area contributed by atoms with Gasteiger partial charge in [-0.15, -0.1) is 0 Å². The van der Waals surface area contributed by atoms with Gasteiger partial charge in [-0.1, -0.05) is 12.1 Å². The Morgan fingerprint density at radius 2 is 1.09 bits per heavy atom. The summed E-state index contributed by atoms with van der Waals surface area (Å²) in [6.07, 6.45) is 0. The van der Waals surface area contributed by atoms with Gasteiger partial charge in [0.15, 0.2) is 5.78 Å². The Bertz CT molecular complexity index is 755. The van der Waals surface area contributed by atoms with E-state index in [1.54, 1.807) is 24.3 Å². The number of hydrogen-bond acceptors (Lipinski definition) is 3. The second kappa shape index (κ2) is 6.37. The lowest BCUT2D eigenvalue weighted by atomic mass is 9.86. The smallest absolute Gasteiger partial charge is 0.337 e. The summed E-state index contributed by atoms with van der Waals surface area (Å²) >= 11 is 0. The zero-order valence-electron chi connectivity index (χ0n) is 14.5. The fraction of sp³-hybridized carbons (Fsp3) is 0.300. The molecule has 0 aromatic heterocycles. The molecule has 0 aliphatic carbocycles. The number of methoxy groups -OCH3 is 1. The van der Waals surface area contributed by atoms with Gasteiger partial charge >= 0.3 is 5.97 Å². The van der Waals surface area contributed by atoms with Gasteiger partial charge in [0.05, 0.1) is 12.7 Å². The molecule has 0 N–H and O–H groups in total. The molecule has 0 amide bonds. The highest BCUT2D eigenvalue weighted by Crippen LogP contribution is 2.28. The van der Waals surface area contributed by atoms with Gasteiger partial charge in [0.1, 0.15) is 0 Å². The first kappa shape index (κ1) is 16.9. The summed E-state index contributed by atoms with van der Waals surface area (Å²) in [6.45, 7) is 10.2. The average molecular weight is 310 g/mol. The number of rotatable bonds is 3. The lowest BCUT2D eigenvalue weighted by molar-refractivity contribution is 0.0600. The number of ketones is 1. The molecule has 0 radical (unpaired) electrons. The van der Waals surface area contributed by atoms with Crippen molar-refractivity contribution in [2.24, 2.45) is 0 Å². The van der Waals surface area contributed by atoms with Gasteiger partial charge in [-0.25, -0.2) is 4.79 Å². The van der Waals surface area contributed by atoms with Gasteiger partial charge in [0, 0.05) is 11.1 Å². The molecular formula is C20H22O3. The van der Waals surface area contributed by atoms with Crippen molar-refractivity contribution in [3.8, 4) is 0 Å². The van der Waals surface area contributed by atoms with Crippen LogP contribution in [0.4, 0.5) is 0 Å². The summed E-state index contributed by atoms with van der Waals surface area (Å²) in [5.74, 6) is -0.416. The Kier molecular flexibility index (Phi) is 4.69. The maximum Gasteiger partial charge on any atom is 0.337 e. The van der Waals surface area contributed by atoms with Crippen molar-refractivity contribution in [2.75, 3.05) is 7.11 Å². The highest BCUT2D eigenvalue weighted by atomic mass is 16.5. The standard InChI is InChI=1S/C20H22O3/c1-11-12(2)14(4)18(15(5)13(11)3)19(21)16-7-9-17(10-8-16)20(22)23-6/h7-10H,1-6H3. The van der Waals surface area contributed by atoms with Gasteiger partial charge in [0.25, 0.3) is 0 Å². The predicted octanol–water partition coefficient (Wildman–Crippen LogP) is 4.25. The van der Waals surface area contributed by atoms with E-state index in [4.69, 9.17) is 0 Å². The summed E-state index contributed by atoms with van der Waals surface area (Å²) < 4.78 is 4.68. The van der Waals surface area contributed by atoms with Crippen LogP contribution < -0.4 is 0 Å². The van der Waals surface area contributed by atoms with Gasteiger partial charge in [0.2, 0.25) is 0 Å². The van der Waals surface area contributed by atoms with Crippen LogP contribution in [0.3, 0.4) is 0 Å². The minimum absolute atomic E-state index is 0.0115. The first-order chi connectivity index (χ1) is 10.8. The predicted molar refractivity (Wildman–Crippen MR) is 91.3 cm³/mol. The number of benzene rings is 2. The normalized spacial score (nSPS) is 10.5. The van der Waals surface area contributed by atoms with Gasteiger partial charge in [-0.3, -0.25) is 4.79 Å². The van der Waals surface area contributed by atoms with E-state index >= 15 is 0 Å². The third-order valence-corrected chi connectivity index (χ3v) is 4.80. The molecule has 0 aliphatic heterocycles. The van der Waals surface area contributed by atoms with E-state index in [0.29, 0.717) is 11.1 Å². The van der Waals surface area contributed by atoms with Crippen LogP contribution in [0.15, 0.2) is 24.3 Å². The molecule has 3 nitrogen and oxygen atoms in total. The SMILES string of the molecule is COC(=O)c1ccc(C(=O)c2c(C)c(C)c(C)c(C)c2C)cc1. The van der Waals surface area contributed by atoms with Crippen LogP contribution in [0, 0.1) is 34.6 Å². The van der Waals surface area contributed by atoms with Crippen molar-refractivity contribution in [2.45, 2.75) is 34.6 Å². The van der Waals surface area contributed by atoms with E-state index in [1.807, 2.05) is 27.7 Å². The highest BCUT2D eigenvalue weighted by Gasteiger charge is 2.19. The fourth-order valence-corrected chi connectivity index (χ4v) is 2.86. The average Bonchev–Trinajstić information content (AvgIpc) is 2.57. The number of carbonyl (C=O) groups excluding carboxylic acids is 2. The maximum absolute atomic E-state index is 12.9. The van der Waals surface area contributed by atoms with Gasteiger partial charge in [-0.05, 0) is 74.6 Å². The summed E-state index contributed by atoms with van der Waals surface area (Å²) in [4.78, 5) is 24.4. The zero-order chi connectivity index (χ0) is 17.3. The highest BCUT2D eigenvalue weighted by molar-refractivity contribution is 6.11. The Hall–Kier alpha value is -2.42. The van der Waals surface area contributed by atoms with Crippen molar-refractivity contribution >= 4 is 11.8 Å². The van der Waals surface area contributed by atoms with Crippen LogP contribution in [-0.2, 0) is 4.74 Å². The van der Waals surface area contributed by atoms with Crippen molar-refractivity contribution < 1.29 is 14.3 Å². The quantitative estimate of drug-likeness (QED) is 0.629. The summed E-state index contributed by atoms with van der Waals surface area (Å²) in [6, 6.07) is 6.60. The van der Waals surface area contributed by atoms with Crippen LogP contribution in [0.2, 0.25) is 0 Å². The molecule has 120 valence electrons. The minimum Gasteiger partial charge on any atom is -0.465 e. The second-order valence-corrected chi connectivity index (χ2v) is 5.90. The number of ether oxygens (including phenoxy) is 1. The van der Waals surface area contributed by atoms with Gasteiger partial charge < -0.3 is 4.74 Å². The Labute approximate surface area is 137 Å². The van der Waals surface area contributed by atoms with Crippen LogP contribution in [0.1, 0.15) is 54.1 Å².